The Morgan fingerprint density at radius 2 is 2.00 bits per heavy atom. The minimum absolute atomic E-state index is 0.00503. The van der Waals surface area contributed by atoms with E-state index in [-0.39, 0.29) is 30.5 Å². The van der Waals surface area contributed by atoms with Gasteiger partial charge in [0.05, 0.1) is 18.9 Å². The monoisotopic (exact) mass is 476 g/mol. The number of pyridine rings is 1. The Bertz CT molecular complexity index is 993. The van der Waals surface area contributed by atoms with Crippen LogP contribution in [0.3, 0.4) is 0 Å². The van der Waals surface area contributed by atoms with Crippen molar-refractivity contribution in [3.8, 4) is 17.2 Å². The molecule has 1 fully saturated rings. The van der Waals surface area contributed by atoms with Gasteiger partial charge in [0.15, 0.2) is 11.8 Å². The second-order valence-electron chi connectivity index (χ2n) is 7.99. The normalized spacial score (nSPS) is 15.3. The Balaban J connectivity index is 1.61. The fourth-order valence-electron chi connectivity index (χ4n) is 3.58. The Morgan fingerprint density at radius 3 is 2.70 bits per heavy atom. The van der Waals surface area contributed by atoms with Crippen molar-refractivity contribution in [1.82, 2.24) is 4.98 Å². The lowest BCUT2D eigenvalue weighted by Crippen LogP contribution is -2.21. The van der Waals surface area contributed by atoms with Crippen molar-refractivity contribution in [1.29, 1.82) is 0 Å². The molecule has 1 heterocycles. The standard InChI is InChI=1S/C23H29N2O7P/c1-15-22(27)19(12-26)18(11-24-15)14-30-20-9-5-6-10-21(20)32-33(29)25-16(2)23(28)31-13-17-7-3-4-8-17/h5-6,9-11,16-17,26-27H,3-4,7-8,12-14H2,1-2H3. The summed E-state index contributed by atoms with van der Waals surface area (Å²) in [6.45, 7) is 3.14. The number of carbonyl (C=O) groups is 1. The fourth-order valence-corrected chi connectivity index (χ4v) is 4.32. The van der Waals surface area contributed by atoms with Crippen molar-refractivity contribution in [2.24, 2.45) is 10.7 Å². The van der Waals surface area contributed by atoms with Gasteiger partial charge in [-0.25, -0.2) is 4.79 Å². The molecule has 178 valence electrons. The average molecular weight is 476 g/mol. The van der Waals surface area contributed by atoms with Crippen molar-refractivity contribution in [3.63, 3.8) is 0 Å². The molecule has 2 N–H and O–H groups in total. The number of aryl methyl sites for hydroxylation is 1. The number of esters is 1. The molecule has 0 spiro atoms. The molecule has 10 heteroatoms. The van der Waals surface area contributed by atoms with Crippen LogP contribution in [0.5, 0.6) is 17.2 Å². The summed E-state index contributed by atoms with van der Waals surface area (Å²) in [6.07, 6.45) is 5.95. The predicted octanol–water partition coefficient (Wildman–Crippen LogP) is 3.52. The van der Waals surface area contributed by atoms with Crippen molar-refractivity contribution >= 4 is 14.1 Å². The van der Waals surface area contributed by atoms with Crippen LogP contribution >= 0.6 is 8.17 Å². The fraction of sp³-hybridized carbons (Fsp3) is 0.478. The lowest BCUT2D eigenvalue weighted by Gasteiger charge is -2.13. The lowest BCUT2D eigenvalue weighted by molar-refractivity contribution is -0.169. The second kappa shape index (κ2) is 11.9. The summed E-state index contributed by atoms with van der Waals surface area (Å²) in [5.74, 6) is 0.257. The molecule has 1 aromatic carbocycles. The number of aliphatic hydroxyl groups is 1. The highest BCUT2D eigenvalue weighted by Crippen LogP contribution is 2.34. The van der Waals surface area contributed by atoms with Gasteiger partial charge in [-0.3, -0.25) is 9.51 Å². The van der Waals surface area contributed by atoms with Gasteiger partial charge in [0.2, 0.25) is 5.75 Å². The van der Waals surface area contributed by atoms with E-state index < -0.39 is 20.2 Å². The van der Waals surface area contributed by atoms with Crippen LogP contribution in [0.4, 0.5) is 0 Å². The minimum Gasteiger partial charge on any atom is -0.575 e. The third-order valence-electron chi connectivity index (χ3n) is 5.54. The summed E-state index contributed by atoms with van der Waals surface area (Å²) in [6, 6.07) is 5.67. The maximum atomic E-state index is 12.4. The number of hydrogen-bond acceptors (Lipinski definition) is 9. The van der Waals surface area contributed by atoms with E-state index in [0.717, 1.165) is 25.7 Å². The number of hydrogen-bond donors (Lipinski definition) is 2. The molecule has 3 rings (SSSR count). The summed E-state index contributed by atoms with van der Waals surface area (Å²) in [7, 11) is -2.55. The van der Waals surface area contributed by atoms with Gasteiger partial charge in [-0.2, -0.15) is 0 Å². The molecule has 1 saturated carbocycles. The summed E-state index contributed by atoms with van der Waals surface area (Å²) in [5, 5.41) is 19.7. The van der Waals surface area contributed by atoms with Gasteiger partial charge in [0.1, 0.15) is 12.4 Å². The van der Waals surface area contributed by atoms with E-state index in [1.165, 1.54) is 13.1 Å². The molecule has 0 amide bonds. The molecule has 33 heavy (non-hydrogen) atoms. The van der Waals surface area contributed by atoms with Crippen LogP contribution in [0.2, 0.25) is 0 Å². The van der Waals surface area contributed by atoms with Crippen molar-refractivity contribution in [3.05, 3.63) is 47.3 Å². The SMILES string of the molecule is Cc1ncc(COc2ccccc2O[P+]([O-])=NC(C)C(=O)OCC2CCCC2)c(CO)c1O. The lowest BCUT2D eigenvalue weighted by atomic mass is 10.1. The number of aromatic nitrogens is 1. The van der Waals surface area contributed by atoms with E-state index >= 15 is 0 Å². The molecule has 0 aliphatic heterocycles. The van der Waals surface area contributed by atoms with Crippen LogP contribution in [-0.2, 0) is 22.7 Å². The quantitative estimate of drug-likeness (QED) is 0.393. The first-order valence-electron chi connectivity index (χ1n) is 10.9. The van der Waals surface area contributed by atoms with Crippen molar-refractivity contribution < 1.29 is 33.9 Å². The maximum absolute atomic E-state index is 12.4. The highest BCUT2D eigenvalue weighted by atomic mass is 31.1. The van der Waals surface area contributed by atoms with Gasteiger partial charge in [-0.05, 0) is 44.7 Å². The van der Waals surface area contributed by atoms with E-state index in [0.29, 0.717) is 29.3 Å². The largest absolute Gasteiger partial charge is 0.575 e. The molecule has 2 atom stereocenters. The molecule has 9 nitrogen and oxygen atoms in total. The van der Waals surface area contributed by atoms with Crippen molar-refractivity contribution in [2.75, 3.05) is 6.61 Å². The van der Waals surface area contributed by atoms with Crippen LogP contribution in [0.25, 0.3) is 0 Å². The van der Waals surface area contributed by atoms with Crippen LogP contribution in [0.1, 0.15) is 49.4 Å². The maximum Gasteiger partial charge on any atom is 0.395 e. The first-order chi connectivity index (χ1) is 15.9. The minimum atomic E-state index is -2.55. The number of benzene rings is 1. The van der Waals surface area contributed by atoms with Gasteiger partial charge < -0.3 is 24.6 Å². The number of aliphatic hydroxyl groups excluding tert-OH is 1. The highest BCUT2D eigenvalue weighted by molar-refractivity contribution is 7.34. The first kappa shape index (κ1) is 24.9. The Kier molecular flexibility index (Phi) is 9.00. The Labute approximate surface area is 194 Å². The Hall–Kier alpha value is -2.74. The number of rotatable bonds is 10. The van der Waals surface area contributed by atoms with Crippen LogP contribution in [0, 0.1) is 12.8 Å². The van der Waals surface area contributed by atoms with Gasteiger partial charge >= 0.3 is 14.1 Å². The van der Waals surface area contributed by atoms with Gasteiger partial charge in [0, 0.05) is 17.3 Å². The zero-order chi connectivity index (χ0) is 23.8. The zero-order valence-electron chi connectivity index (χ0n) is 18.8. The van der Waals surface area contributed by atoms with E-state index in [9.17, 15) is 19.9 Å². The summed E-state index contributed by atoms with van der Waals surface area (Å²) >= 11 is 0. The topological polar surface area (TPSA) is 134 Å². The van der Waals surface area contributed by atoms with Gasteiger partial charge in [-0.1, -0.05) is 29.7 Å². The molecular formula is C23H29N2O7P. The molecule has 0 bridgehead atoms. The van der Waals surface area contributed by atoms with E-state index in [1.807, 2.05) is 0 Å². The Morgan fingerprint density at radius 1 is 1.30 bits per heavy atom. The van der Waals surface area contributed by atoms with Crippen LogP contribution in [0.15, 0.2) is 35.2 Å². The number of carbonyl (C=O) groups excluding carboxylic acids is 1. The van der Waals surface area contributed by atoms with E-state index in [4.69, 9.17) is 14.0 Å². The first-order valence-corrected chi connectivity index (χ1v) is 12.0. The summed E-state index contributed by atoms with van der Waals surface area (Å²) in [4.78, 5) is 28.7. The smallest absolute Gasteiger partial charge is 0.395 e. The molecule has 1 aliphatic rings. The number of aromatic hydroxyl groups is 1. The van der Waals surface area contributed by atoms with Gasteiger partial charge in [0.25, 0.3) is 0 Å². The summed E-state index contributed by atoms with van der Waals surface area (Å²) < 4.78 is 20.4. The number of para-hydroxylation sites is 2. The van der Waals surface area contributed by atoms with E-state index in [1.54, 1.807) is 31.2 Å². The molecular weight excluding hydrogens is 447 g/mol. The average Bonchev–Trinajstić information content (AvgIpc) is 3.32. The molecule has 2 unspecified atom stereocenters. The third kappa shape index (κ3) is 6.87. The number of ether oxygens (including phenoxy) is 2. The third-order valence-corrected chi connectivity index (χ3v) is 6.43. The summed E-state index contributed by atoms with van der Waals surface area (Å²) in [5.41, 5.74) is 1.23. The molecule has 1 aliphatic carbocycles. The molecule has 0 saturated heterocycles. The van der Waals surface area contributed by atoms with Crippen molar-refractivity contribution in [2.45, 2.75) is 58.8 Å². The van der Waals surface area contributed by atoms with Crippen LogP contribution in [-0.4, -0.2) is 33.8 Å². The molecule has 1 aromatic heterocycles. The zero-order valence-corrected chi connectivity index (χ0v) is 19.7. The number of nitrogens with zero attached hydrogens (tertiary/aromatic N) is 2. The predicted molar refractivity (Wildman–Crippen MR) is 120 cm³/mol. The van der Waals surface area contributed by atoms with Crippen LogP contribution < -0.4 is 14.2 Å². The van der Waals surface area contributed by atoms with Gasteiger partial charge in [-0.15, -0.1) is 0 Å². The van der Waals surface area contributed by atoms with E-state index in [2.05, 4.69) is 9.73 Å². The highest BCUT2D eigenvalue weighted by Gasteiger charge is 2.23. The molecule has 0 radical (unpaired) electrons. The second-order valence-corrected chi connectivity index (χ2v) is 8.88. The molecule has 2 aromatic rings.